The summed E-state index contributed by atoms with van der Waals surface area (Å²) in [6.07, 6.45) is -4.46. The predicted molar refractivity (Wildman–Crippen MR) is 45.7 cm³/mol. The maximum Gasteiger partial charge on any atom is 0.522 e. The van der Waals surface area contributed by atoms with Crippen LogP contribution < -0.4 is 0 Å². The first-order chi connectivity index (χ1) is 6.24. The van der Waals surface area contributed by atoms with E-state index in [0.29, 0.717) is 7.11 Å². The fraction of sp³-hybridized carbons (Fsp3) is 1.00. The van der Waals surface area contributed by atoms with Gasteiger partial charge in [-0.1, -0.05) is 7.43 Å². The molecule has 0 amide bonds. The van der Waals surface area contributed by atoms with E-state index in [1.807, 2.05) is 0 Å². The Hall–Kier alpha value is -0.470. The lowest BCUT2D eigenvalue weighted by Gasteiger charge is -1.97. The Balaban J connectivity index is -0.0000000617. The molecule has 98 valence electrons. The molecule has 0 aromatic carbocycles. The molecule has 0 saturated heterocycles. The summed E-state index contributed by atoms with van der Waals surface area (Å²) in [5, 5.41) is 0. The van der Waals surface area contributed by atoms with Crippen molar-refractivity contribution < 1.29 is 36.2 Å². The van der Waals surface area contributed by atoms with Crippen molar-refractivity contribution in [2.75, 3.05) is 28.4 Å². The standard InChI is InChI=1S/C2H3F3O.C2H4F2O.C2H6O.CH4/c1-6-2(3,4)5;1-5-2(3)4;1-3-2;/h1H3;2H,1H3;1-2H3;1H4. The highest BCUT2D eigenvalue weighted by atomic mass is 19.4. The van der Waals surface area contributed by atoms with Crippen LogP contribution in [0.15, 0.2) is 0 Å². The first-order valence-electron chi connectivity index (χ1n) is 3.08. The lowest BCUT2D eigenvalue weighted by Crippen LogP contribution is -2.08. The highest BCUT2D eigenvalue weighted by Crippen LogP contribution is 2.13. The van der Waals surface area contributed by atoms with Gasteiger partial charge in [-0.05, 0) is 0 Å². The Morgan fingerprint density at radius 2 is 1.07 bits per heavy atom. The smallest absolute Gasteiger partial charge is 0.388 e. The number of halogens is 5. The summed E-state index contributed by atoms with van der Waals surface area (Å²) in [6.45, 7) is -2.62. The molecule has 0 radical (unpaired) electrons. The fourth-order valence-electron chi connectivity index (χ4n) is 0. The van der Waals surface area contributed by atoms with Gasteiger partial charge in [0.2, 0.25) is 0 Å². The second-order valence-electron chi connectivity index (χ2n) is 1.55. The van der Waals surface area contributed by atoms with E-state index in [-0.39, 0.29) is 7.43 Å². The zero-order valence-corrected chi connectivity index (χ0v) is 8.19. The lowest BCUT2D eigenvalue weighted by molar-refractivity contribution is -0.311. The van der Waals surface area contributed by atoms with Crippen LogP contribution in [0.5, 0.6) is 0 Å². The summed E-state index contributed by atoms with van der Waals surface area (Å²) >= 11 is 0. The predicted octanol–water partition coefficient (Wildman–Crippen LogP) is 2.91. The minimum atomic E-state index is -4.46. The molecule has 8 heteroatoms. The van der Waals surface area contributed by atoms with Crippen LogP contribution in [0, 0.1) is 0 Å². The quantitative estimate of drug-likeness (QED) is 0.664. The fourth-order valence-corrected chi connectivity index (χ4v) is 0. The molecule has 0 bridgehead atoms. The molecule has 0 aromatic heterocycles. The van der Waals surface area contributed by atoms with Crippen LogP contribution in [0.1, 0.15) is 7.43 Å². The van der Waals surface area contributed by atoms with E-state index in [4.69, 9.17) is 0 Å². The van der Waals surface area contributed by atoms with E-state index in [1.165, 1.54) is 0 Å². The average molecular weight is 244 g/mol. The SMILES string of the molecule is C.COC.COC(F)(F)F.COC(F)F. The Labute approximate surface area is 86.1 Å². The number of ether oxygens (including phenoxy) is 3. The molecule has 0 aliphatic carbocycles. The van der Waals surface area contributed by atoms with Crippen LogP contribution in [0.25, 0.3) is 0 Å². The van der Waals surface area contributed by atoms with Crippen LogP contribution >= 0.6 is 0 Å². The van der Waals surface area contributed by atoms with Gasteiger partial charge in [-0.2, -0.15) is 8.78 Å². The van der Waals surface area contributed by atoms with Gasteiger partial charge in [0.05, 0.1) is 0 Å². The van der Waals surface area contributed by atoms with Crippen LogP contribution in [0.2, 0.25) is 0 Å². The monoisotopic (exact) mass is 244 g/mol. The van der Waals surface area contributed by atoms with Gasteiger partial charge in [0, 0.05) is 28.4 Å². The van der Waals surface area contributed by atoms with E-state index in [9.17, 15) is 22.0 Å². The molecule has 3 nitrogen and oxygen atoms in total. The van der Waals surface area contributed by atoms with Crippen molar-refractivity contribution in [3.63, 3.8) is 0 Å². The van der Waals surface area contributed by atoms with Crippen molar-refractivity contribution in [1.82, 2.24) is 0 Å². The molecular formula is C7H17F5O3. The number of hydrogen-bond acceptors (Lipinski definition) is 3. The molecule has 0 saturated carbocycles. The Bertz CT molecular complexity index is 97.1. The van der Waals surface area contributed by atoms with E-state index >= 15 is 0 Å². The van der Waals surface area contributed by atoms with Crippen molar-refractivity contribution in [1.29, 1.82) is 0 Å². The van der Waals surface area contributed by atoms with Crippen LogP contribution in [0.4, 0.5) is 22.0 Å². The zero-order valence-electron chi connectivity index (χ0n) is 8.19. The molecule has 0 N–H and O–H groups in total. The summed E-state index contributed by atoms with van der Waals surface area (Å²) < 4.78 is 63.4. The minimum Gasteiger partial charge on any atom is -0.388 e. The van der Waals surface area contributed by atoms with Crippen molar-refractivity contribution in [3.05, 3.63) is 0 Å². The first kappa shape index (κ1) is 24.0. The summed E-state index contributed by atoms with van der Waals surface area (Å²) in [5.41, 5.74) is 0. The Kier molecular flexibility index (Phi) is 25.6. The highest BCUT2D eigenvalue weighted by molar-refractivity contribution is 4.15. The summed E-state index contributed by atoms with van der Waals surface area (Å²) in [7, 11) is 4.78. The molecule has 0 rings (SSSR count). The molecule has 15 heavy (non-hydrogen) atoms. The first-order valence-corrected chi connectivity index (χ1v) is 3.08. The number of alkyl halides is 5. The average Bonchev–Trinajstić information content (AvgIpc) is 2.06. The van der Waals surface area contributed by atoms with E-state index in [1.54, 1.807) is 14.2 Å². The molecular weight excluding hydrogens is 227 g/mol. The van der Waals surface area contributed by atoms with Gasteiger partial charge in [0.15, 0.2) is 0 Å². The van der Waals surface area contributed by atoms with Gasteiger partial charge in [-0.25, -0.2) is 0 Å². The maximum absolute atomic E-state index is 10.6. The maximum atomic E-state index is 10.6. The number of methoxy groups -OCH3 is 3. The summed E-state index contributed by atoms with van der Waals surface area (Å²) in [6, 6.07) is 0. The molecule has 0 spiro atoms. The van der Waals surface area contributed by atoms with Crippen LogP contribution in [-0.4, -0.2) is 41.4 Å². The highest BCUT2D eigenvalue weighted by Gasteiger charge is 2.25. The van der Waals surface area contributed by atoms with Gasteiger partial charge in [-0.15, -0.1) is 13.2 Å². The Morgan fingerprint density at radius 1 is 0.933 bits per heavy atom. The van der Waals surface area contributed by atoms with Gasteiger partial charge in [0.25, 0.3) is 0 Å². The molecule has 0 fully saturated rings. The topological polar surface area (TPSA) is 27.7 Å². The number of rotatable bonds is 1. The second-order valence-corrected chi connectivity index (χ2v) is 1.55. The summed E-state index contributed by atoms with van der Waals surface area (Å²) in [5.74, 6) is 0. The second kappa shape index (κ2) is 16.0. The van der Waals surface area contributed by atoms with Gasteiger partial charge < -0.3 is 9.47 Å². The number of hydrogen-bond donors (Lipinski definition) is 0. The Morgan fingerprint density at radius 3 is 1.07 bits per heavy atom. The molecule has 0 atom stereocenters. The third-order valence-corrected chi connectivity index (χ3v) is 0.410. The van der Waals surface area contributed by atoms with E-state index in [0.717, 1.165) is 7.11 Å². The van der Waals surface area contributed by atoms with E-state index < -0.39 is 13.0 Å². The van der Waals surface area contributed by atoms with Gasteiger partial charge in [0.1, 0.15) is 0 Å². The molecule has 0 aromatic rings. The zero-order chi connectivity index (χ0) is 12.2. The normalized spacial score (nSPS) is 9.20. The minimum absolute atomic E-state index is 0. The third-order valence-electron chi connectivity index (χ3n) is 0.410. The molecule has 0 unspecified atom stereocenters. The summed E-state index contributed by atoms with van der Waals surface area (Å²) in [4.78, 5) is 0. The molecule has 0 aliphatic heterocycles. The van der Waals surface area contributed by atoms with Gasteiger partial charge in [-0.3, -0.25) is 4.74 Å². The van der Waals surface area contributed by atoms with Crippen molar-refractivity contribution in [2.24, 2.45) is 0 Å². The van der Waals surface area contributed by atoms with Gasteiger partial charge >= 0.3 is 13.0 Å². The van der Waals surface area contributed by atoms with Crippen LogP contribution in [0.3, 0.4) is 0 Å². The largest absolute Gasteiger partial charge is 0.522 e. The van der Waals surface area contributed by atoms with E-state index in [2.05, 4.69) is 14.2 Å². The van der Waals surface area contributed by atoms with Crippen LogP contribution in [-0.2, 0) is 14.2 Å². The lowest BCUT2D eigenvalue weighted by atomic mass is 11.3. The van der Waals surface area contributed by atoms with Crippen molar-refractivity contribution >= 4 is 0 Å². The van der Waals surface area contributed by atoms with Crippen molar-refractivity contribution in [2.45, 2.75) is 20.4 Å². The third kappa shape index (κ3) is 87.7. The molecule has 0 heterocycles. The van der Waals surface area contributed by atoms with Crippen molar-refractivity contribution in [3.8, 4) is 0 Å². The molecule has 0 aliphatic rings.